The zero-order valence-electron chi connectivity index (χ0n) is 11.3. The molecule has 0 heterocycles. The van der Waals surface area contributed by atoms with Gasteiger partial charge in [0.05, 0.1) is 6.61 Å². The molecule has 0 radical (unpaired) electrons. The van der Waals surface area contributed by atoms with Crippen LogP contribution in [0.15, 0.2) is 30.3 Å². The molecular weight excluding hydrogens is 240 g/mol. The number of carbonyl (C=O) groups is 2. The lowest BCUT2D eigenvalue weighted by atomic mass is 9.73. The highest BCUT2D eigenvalue weighted by molar-refractivity contribution is 5.80. The molecular formula is C16H20O3. The largest absolute Gasteiger partial charge is 0.466 e. The summed E-state index contributed by atoms with van der Waals surface area (Å²) in [6.45, 7) is 2.23. The molecule has 1 aromatic rings. The Bertz CT molecular complexity index is 439. The number of benzene rings is 1. The topological polar surface area (TPSA) is 43.4 Å². The Balaban J connectivity index is 2.11. The molecule has 3 nitrogen and oxygen atoms in total. The summed E-state index contributed by atoms with van der Waals surface area (Å²) in [6, 6.07) is 10.0. The minimum Gasteiger partial charge on any atom is -0.466 e. The van der Waals surface area contributed by atoms with E-state index in [2.05, 4.69) is 0 Å². The summed E-state index contributed by atoms with van der Waals surface area (Å²) in [4.78, 5) is 23.4. The Morgan fingerprint density at radius 3 is 2.74 bits per heavy atom. The van der Waals surface area contributed by atoms with Gasteiger partial charge in [-0.05, 0) is 30.7 Å². The summed E-state index contributed by atoms with van der Waals surface area (Å²) in [5, 5.41) is 0. The molecule has 2 atom stereocenters. The second-order valence-electron chi connectivity index (χ2n) is 5.07. The Labute approximate surface area is 114 Å². The van der Waals surface area contributed by atoms with Crippen molar-refractivity contribution in [2.75, 3.05) is 6.61 Å². The van der Waals surface area contributed by atoms with Crippen LogP contribution in [0.4, 0.5) is 0 Å². The summed E-state index contributed by atoms with van der Waals surface area (Å²) in [5.41, 5.74) is 1.16. The fraction of sp³-hybridized carbons (Fsp3) is 0.500. The predicted molar refractivity (Wildman–Crippen MR) is 72.8 cm³/mol. The molecule has 2 rings (SSSR count). The van der Waals surface area contributed by atoms with Gasteiger partial charge in [0.1, 0.15) is 5.78 Å². The van der Waals surface area contributed by atoms with E-state index in [9.17, 15) is 9.59 Å². The van der Waals surface area contributed by atoms with Gasteiger partial charge in [-0.25, -0.2) is 0 Å². The Kier molecular flexibility index (Phi) is 4.72. The minimum absolute atomic E-state index is 0.150. The van der Waals surface area contributed by atoms with E-state index in [1.807, 2.05) is 37.3 Å². The van der Waals surface area contributed by atoms with Crippen molar-refractivity contribution in [3.63, 3.8) is 0 Å². The van der Waals surface area contributed by atoms with Crippen LogP contribution in [0.2, 0.25) is 0 Å². The average molecular weight is 260 g/mol. The van der Waals surface area contributed by atoms with Crippen molar-refractivity contribution in [3.05, 3.63) is 35.9 Å². The fourth-order valence-electron chi connectivity index (χ4n) is 2.83. The minimum atomic E-state index is -0.150. The zero-order valence-corrected chi connectivity index (χ0v) is 11.3. The van der Waals surface area contributed by atoms with Gasteiger partial charge in [-0.15, -0.1) is 0 Å². The van der Waals surface area contributed by atoms with Gasteiger partial charge in [0.2, 0.25) is 0 Å². The Hall–Kier alpha value is -1.64. The molecule has 0 aromatic heterocycles. The lowest BCUT2D eigenvalue weighted by molar-refractivity contribution is -0.145. The van der Waals surface area contributed by atoms with Crippen LogP contribution in [0.5, 0.6) is 0 Å². The van der Waals surface area contributed by atoms with Gasteiger partial charge >= 0.3 is 5.97 Å². The fourth-order valence-corrected chi connectivity index (χ4v) is 2.83. The van der Waals surface area contributed by atoms with Crippen molar-refractivity contribution < 1.29 is 14.3 Å². The number of ether oxygens (including phenoxy) is 1. The Morgan fingerprint density at radius 2 is 2.05 bits per heavy atom. The summed E-state index contributed by atoms with van der Waals surface area (Å²) >= 11 is 0. The number of Topliss-reactive ketones (excluding diaryl/α,β-unsaturated/α-hetero) is 1. The van der Waals surface area contributed by atoms with Crippen molar-refractivity contribution in [3.8, 4) is 0 Å². The molecule has 0 unspecified atom stereocenters. The first kappa shape index (κ1) is 13.8. The van der Waals surface area contributed by atoms with E-state index in [0.29, 0.717) is 31.7 Å². The highest BCUT2D eigenvalue weighted by Gasteiger charge is 2.32. The van der Waals surface area contributed by atoms with Gasteiger partial charge < -0.3 is 4.74 Å². The molecule has 1 aromatic carbocycles. The van der Waals surface area contributed by atoms with Crippen molar-refractivity contribution in [2.24, 2.45) is 5.92 Å². The predicted octanol–water partition coefficient (Wildman–Crippen LogP) is 3.09. The first-order valence-corrected chi connectivity index (χ1v) is 6.93. The van der Waals surface area contributed by atoms with Gasteiger partial charge in [-0.1, -0.05) is 30.3 Å². The molecule has 1 saturated carbocycles. The molecule has 0 bridgehead atoms. The van der Waals surface area contributed by atoms with E-state index in [-0.39, 0.29) is 17.8 Å². The summed E-state index contributed by atoms with van der Waals surface area (Å²) in [6.07, 6.45) is 2.35. The number of ketones is 1. The number of esters is 1. The molecule has 0 N–H and O–H groups in total. The van der Waals surface area contributed by atoms with Gasteiger partial charge in [0, 0.05) is 19.3 Å². The standard InChI is InChI=1S/C16H20O3/c1-2-19-16(18)10-13-8-9-14(17)11-15(13)12-6-4-3-5-7-12/h3-7,13,15H,2,8-11H2,1H3/t13-,15+/m0/s1. The van der Waals surface area contributed by atoms with E-state index in [1.54, 1.807) is 0 Å². The lowest BCUT2D eigenvalue weighted by Gasteiger charge is -2.30. The molecule has 3 heteroatoms. The molecule has 0 spiro atoms. The van der Waals surface area contributed by atoms with E-state index in [0.717, 1.165) is 12.0 Å². The summed E-state index contributed by atoms with van der Waals surface area (Å²) < 4.78 is 5.03. The molecule has 0 amide bonds. The van der Waals surface area contributed by atoms with E-state index in [4.69, 9.17) is 4.74 Å². The molecule has 1 aliphatic carbocycles. The lowest BCUT2D eigenvalue weighted by Crippen LogP contribution is -2.26. The Morgan fingerprint density at radius 1 is 1.32 bits per heavy atom. The van der Waals surface area contributed by atoms with Crippen LogP contribution >= 0.6 is 0 Å². The summed E-state index contributed by atoms with van der Waals surface area (Å²) in [7, 11) is 0. The second kappa shape index (κ2) is 6.50. The molecule has 0 aliphatic heterocycles. The van der Waals surface area contributed by atoms with Crippen molar-refractivity contribution in [2.45, 2.75) is 38.5 Å². The second-order valence-corrected chi connectivity index (χ2v) is 5.07. The van der Waals surface area contributed by atoms with Gasteiger partial charge in [0.25, 0.3) is 0 Å². The van der Waals surface area contributed by atoms with Crippen LogP contribution < -0.4 is 0 Å². The average Bonchev–Trinajstić information content (AvgIpc) is 2.42. The number of hydrogen-bond donors (Lipinski definition) is 0. The molecule has 0 saturated heterocycles. The monoisotopic (exact) mass is 260 g/mol. The maximum Gasteiger partial charge on any atom is 0.306 e. The highest BCUT2D eigenvalue weighted by atomic mass is 16.5. The number of hydrogen-bond acceptors (Lipinski definition) is 3. The summed E-state index contributed by atoms with van der Waals surface area (Å²) in [5.74, 6) is 0.530. The molecule has 102 valence electrons. The third-order valence-corrected chi connectivity index (χ3v) is 3.77. The molecule has 1 fully saturated rings. The number of carbonyl (C=O) groups excluding carboxylic acids is 2. The van der Waals surface area contributed by atoms with Crippen molar-refractivity contribution in [1.82, 2.24) is 0 Å². The van der Waals surface area contributed by atoms with Gasteiger partial charge in [0.15, 0.2) is 0 Å². The van der Waals surface area contributed by atoms with Crippen LogP contribution in [-0.4, -0.2) is 18.4 Å². The zero-order chi connectivity index (χ0) is 13.7. The van der Waals surface area contributed by atoms with E-state index in [1.165, 1.54) is 0 Å². The van der Waals surface area contributed by atoms with Crippen LogP contribution in [-0.2, 0) is 14.3 Å². The van der Waals surface area contributed by atoms with Crippen LogP contribution in [0, 0.1) is 5.92 Å². The van der Waals surface area contributed by atoms with Gasteiger partial charge in [-0.2, -0.15) is 0 Å². The van der Waals surface area contributed by atoms with Crippen LogP contribution in [0.25, 0.3) is 0 Å². The van der Waals surface area contributed by atoms with Crippen LogP contribution in [0.1, 0.15) is 44.1 Å². The third-order valence-electron chi connectivity index (χ3n) is 3.77. The molecule has 1 aliphatic rings. The SMILES string of the molecule is CCOC(=O)C[C@@H]1CCC(=O)C[C@@H]1c1ccccc1. The first-order chi connectivity index (χ1) is 9.20. The highest BCUT2D eigenvalue weighted by Crippen LogP contribution is 2.38. The normalized spacial score (nSPS) is 23.1. The third kappa shape index (κ3) is 3.66. The van der Waals surface area contributed by atoms with E-state index < -0.39 is 0 Å². The van der Waals surface area contributed by atoms with E-state index >= 15 is 0 Å². The smallest absolute Gasteiger partial charge is 0.306 e. The van der Waals surface area contributed by atoms with Gasteiger partial charge in [-0.3, -0.25) is 9.59 Å². The van der Waals surface area contributed by atoms with Crippen LogP contribution in [0.3, 0.4) is 0 Å². The molecule has 19 heavy (non-hydrogen) atoms. The first-order valence-electron chi connectivity index (χ1n) is 6.93. The van der Waals surface area contributed by atoms with Crippen molar-refractivity contribution >= 4 is 11.8 Å². The quantitative estimate of drug-likeness (QED) is 0.781. The maximum absolute atomic E-state index is 11.7. The maximum atomic E-state index is 11.7. The number of rotatable bonds is 4. The van der Waals surface area contributed by atoms with Crippen molar-refractivity contribution in [1.29, 1.82) is 0 Å².